The van der Waals surface area contributed by atoms with Crippen molar-refractivity contribution in [3.63, 3.8) is 0 Å². The van der Waals surface area contributed by atoms with Crippen LogP contribution < -0.4 is 0 Å². The van der Waals surface area contributed by atoms with E-state index in [1.807, 2.05) is 0 Å². The van der Waals surface area contributed by atoms with Crippen LogP contribution in [0, 0.1) is 11.2 Å². The van der Waals surface area contributed by atoms with Gasteiger partial charge in [-0.3, -0.25) is 4.79 Å². The molecule has 0 heterocycles. The predicted molar refractivity (Wildman–Crippen MR) is 112 cm³/mol. The summed E-state index contributed by atoms with van der Waals surface area (Å²) in [4.78, 5) is 23.6. The number of rotatable bonds is 5. The highest BCUT2D eigenvalue weighted by Gasteiger charge is 2.47. The third-order valence-corrected chi connectivity index (χ3v) is 5.30. The topological polar surface area (TPSA) is 63.6 Å². The smallest absolute Gasteiger partial charge is 0.416 e. The largest absolute Gasteiger partial charge is 0.466 e. The molecule has 1 aromatic rings. The molecule has 0 fully saturated rings. The van der Waals surface area contributed by atoms with Crippen molar-refractivity contribution in [2.75, 3.05) is 7.11 Å². The van der Waals surface area contributed by atoms with Crippen LogP contribution in [0.15, 0.2) is 59.7 Å². The van der Waals surface area contributed by atoms with Gasteiger partial charge in [0.05, 0.1) is 12.7 Å². The molecule has 0 saturated carbocycles. The summed E-state index contributed by atoms with van der Waals surface area (Å²) >= 11 is 0. The molecule has 0 radical (unpaired) electrons. The van der Waals surface area contributed by atoms with Gasteiger partial charge < -0.3 is 9.84 Å². The number of carbonyl (C=O) groups excluding carboxylic acids is 2. The van der Waals surface area contributed by atoms with Crippen LogP contribution in [0.4, 0.5) is 17.6 Å². The molecule has 0 saturated heterocycles. The molecular weight excluding hydrogens is 428 g/mol. The second-order valence-corrected chi connectivity index (χ2v) is 8.21. The molecular formula is C24H24F4O4. The van der Waals surface area contributed by atoms with Crippen LogP contribution in [0.3, 0.4) is 0 Å². The highest BCUT2D eigenvalue weighted by molar-refractivity contribution is 5.94. The molecule has 1 atom stereocenters. The third kappa shape index (κ3) is 5.62. The molecule has 4 nitrogen and oxygen atoms in total. The Morgan fingerprint density at radius 2 is 1.88 bits per heavy atom. The third-order valence-electron chi connectivity index (χ3n) is 5.30. The summed E-state index contributed by atoms with van der Waals surface area (Å²) in [5.41, 5.74) is -3.54. The molecule has 0 aliphatic heterocycles. The Kier molecular flexibility index (Phi) is 7.29. The Morgan fingerprint density at radius 3 is 2.47 bits per heavy atom. The maximum absolute atomic E-state index is 14.1. The van der Waals surface area contributed by atoms with Gasteiger partial charge in [-0.05, 0) is 48.4 Å². The van der Waals surface area contributed by atoms with Crippen molar-refractivity contribution < 1.29 is 37.0 Å². The van der Waals surface area contributed by atoms with Crippen LogP contribution in [0.1, 0.15) is 38.3 Å². The summed E-state index contributed by atoms with van der Waals surface area (Å²) < 4.78 is 57.6. The lowest BCUT2D eigenvalue weighted by atomic mass is 9.64. The molecule has 0 amide bonds. The van der Waals surface area contributed by atoms with Crippen molar-refractivity contribution >= 4 is 17.8 Å². The first kappa shape index (κ1) is 25.3. The maximum Gasteiger partial charge on any atom is 0.416 e. The standard InChI is InChI=1S/C24H24F4O4/c1-15(11-21(30)32-4)9-10-23(31)17(13-19(29)14-22(23,2)3)6-5-16-12-18(24(26,27)28)7-8-20(16)25/h5-13,31H,14H2,1-4H3/b6-5+,10-9+,15-11-/t23-/m1/s1. The van der Waals surface area contributed by atoms with Crippen molar-refractivity contribution in [1.82, 2.24) is 0 Å². The van der Waals surface area contributed by atoms with Crippen LogP contribution in [0.2, 0.25) is 0 Å². The van der Waals surface area contributed by atoms with E-state index in [1.165, 1.54) is 37.5 Å². The molecule has 0 spiro atoms. The number of hydrogen-bond donors (Lipinski definition) is 1. The van der Waals surface area contributed by atoms with Gasteiger partial charge in [0.1, 0.15) is 11.4 Å². The number of methoxy groups -OCH3 is 1. The lowest BCUT2D eigenvalue weighted by Gasteiger charge is -2.44. The number of ether oxygens (including phenoxy) is 1. The highest BCUT2D eigenvalue weighted by atomic mass is 19.4. The number of hydrogen-bond acceptors (Lipinski definition) is 4. The molecule has 8 heteroatoms. The Hall–Kier alpha value is -3.00. The quantitative estimate of drug-likeness (QED) is 0.289. The Labute approximate surface area is 183 Å². The Bertz CT molecular complexity index is 1030. The predicted octanol–water partition coefficient (Wildman–Crippen LogP) is 5.19. The van der Waals surface area contributed by atoms with Gasteiger partial charge in [0.2, 0.25) is 0 Å². The van der Waals surface area contributed by atoms with Gasteiger partial charge in [-0.15, -0.1) is 0 Å². The number of carbonyl (C=O) groups is 2. The molecule has 1 N–H and O–H groups in total. The number of allylic oxidation sites excluding steroid dienone is 3. The summed E-state index contributed by atoms with van der Waals surface area (Å²) in [6.45, 7) is 4.91. The number of aliphatic hydroxyl groups is 1. The fraction of sp³-hybridized carbons (Fsp3) is 0.333. The zero-order valence-corrected chi connectivity index (χ0v) is 18.1. The number of esters is 1. The fourth-order valence-electron chi connectivity index (χ4n) is 3.36. The monoisotopic (exact) mass is 452 g/mol. The van der Waals surface area contributed by atoms with Gasteiger partial charge in [0, 0.05) is 23.5 Å². The summed E-state index contributed by atoms with van der Waals surface area (Å²) in [6, 6.07) is 1.99. The van der Waals surface area contributed by atoms with Gasteiger partial charge in [0.25, 0.3) is 0 Å². The number of benzene rings is 1. The fourth-order valence-corrected chi connectivity index (χ4v) is 3.36. The van der Waals surface area contributed by atoms with E-state index in [9.17, 15) is 32.3 Å². The van der Waals surface area contributed by atoms with Crippen molar-refractivity contribution in [3.05, 3.63) is 76.7 Å². The van der Waals surface area contributed by atoms with E-state index >= 15 is 0 Å². The minimum atomic E-state index is -4.65. The van der Waals surface area contributed by atoms with Crippen LogP contribution in [0.5, 0.6) is 0 Å². The van der Waals surface area contributed by atoms with E-state index in [2.05, 4.69) is 4.74 Å². The van der Waals surface area contributed by atoms with E-state index in [0.717, 1.165) is 6.08 Å². The lowest BCUT2D eigenvalue weighted by molar-refractivity contribution is -0.137. The van der Waals surface area contributed by atoms with Crippen molar-refractivity contribution in [2.45, 2.75) is 39.0 Å². The van der Waals surface area contributed by atoms with Crippen molar-refractivity contribution in [1.29, 1.82) is 0 Å². The number of halogens is 4. The molecule has 0 aromatic heterocycles. The molecule has 2 rings (SSSR count). The minimum absolute atomic E-state index is 0.00284. The van der Waals surface area contributed by atoms with Crippen LogP contribution in [0.25, 0.3) is 6.08 Å². The van der Waals surface area contributed by atoms with Gasteiger partial charge in [-0.25, -0.2) is 9.18 Å². The molecule has 1 aliphatic rings. The van der Waals surface area contributed by atoms with Crippen LogP contribution >= 0.6 is 0 Å². The average Bonchev–Trinajstić information content (AvgIpc) is 2.67. The van der Waals surface area contributed by atoms with Crippen molar-refractivity contribution in [2.24, 2.45) is 5.41 Å². The van der Waals surface area contributed by atoms with Crippen LogP contribution in [-0.4, -0.2) is 29.6 Å². The van der Waals surface area contributed by atoms with Gasteiger partial charge in [-0.2, -0.15) is 13.2 Å². The first-order chi connectivity index (χ1) is 14.7. The summed E-state index contributed by atoms with van der Waals surface area (Å²) in [7, 11) is 1.22. The van der Waals surface area contributed by atoms with Gasteiger partial charge in [-0.1, -0.05) is 32.1 Å². The average molecular weight is 452 g/mol. The zero-order chi connectivity index (χ0) is 24.3. The normalized spacial score (nSPS) is 21.8. The van der Waals surface area contributed by atoms with E-state index in [0.29, 0.717) is 23.8 Å². The molecule has 172 valence electrons. The highest BCUT2D eigenvalue weighted by Crippen LogP contribution is 2.45. The Balaban J connectivity index is 2.51. The van der Waals surface area contributed by atoms with Crippen LogP contribution in [-0.2, 0) is 20.5 Å². The molecule has 1 aliphatic carbocycles. The molecule has 0 unspecified atom stereocenters. The number of alkyl halides is 3. The van der Waals surface area contributed by atoms with Gasteiger partial charge in [0.15, 0.2) is 5.78 Å². The first-order valence-electron chi connectivity index (χ1n) is 9.67. The van der Waals surface area contributed by atoms with E-state index in [4.69, 9.17) is 0 Å². The number of ketones is 1. The Morgan fingerprint density at radius 1 is 1.22 bits per heavy atom. The summed E-state index contributed by atoms with van der Waals surface area (Å²) in [5, 5.41) is 11.5. The second-order valence-electron chi connectivity index (χ2n) is 8.21. The zero-order valence-electron chi connectivity index (χ0n) is 18.1. The van der Waals surface area contributed by atoms with Crippen molar-refractivity contribution in [3.8, 4) is 0 Å². The summed E-state index contributed by atoms with van der Waals surface area (Å²) in [5.74, 6) is -1.76. The van der Waals surface area contributed by atoms with E-state index in [-0.39, 0.29) is 23.3 Å². The SMILES string of the molecule is COC(=O)/C=C(C)\C=C\[C@@]1(O)C(/C=C/c2cc(C(F)(F)F)ccc2F)=CC(=O)CC1(C)C. The lowest BCUT2D eigenvalue weighted by Crippen LogP contribution is -2.48. The molecule has 0 bridgehead atoms. The van der Waals surface area contributed by atoms with E-state index in [1.54, 1.807) is 20.8 Å². The first-order valence-corrected chi connectivity index (χ1v) is 9.67. The minimum Gasteiger partial charge on any atom is -0.466 e. The second kappa shape index (κ2) is 9.24. The summed E-state index contributed by atoms with van der Waals surface area (Å²) in [6.07, 6.45) is 2.92. The van der Waals surface area contributed by atoms with E-state index < -0.39 is 34.5 Å². The molecule has 1 aromatic carbocycles. The maximum atomic E-state index is 14.1. The molecule has 32 heavy (non-hydrogen) atoms. The van der Waals surface area contributed by atoms with Gasteiger partial charge >= 0.3 is 12.1 Å².